The molecular formula is C14H23N3O3. The van der Waals surface area contributed by atoms with Crippen LogP contribution in [0.1, 0.15) is 45.1 Å². The predicted octanol–water partition coefficient (Wildman–Crippen LogP) is 1.52. The van der Waals surface area contributed by atoms with Gasteiger partial charge < -0.3 is 10.1 Å². The monoisotopic (exact) mass is 281 g/mol. The fourth-order valence-electron chi connectivity index (χ4n) is 1.83. The summed E-state index contributed by atoms with van der Waals surface area (Å²) < 4.78 is 6.76. The van der Waals surface area contributed by atoms with E-state index in [1.54, 1.807) is 32.4 Å². The zero-order chi connectivity index (χ0) is 15.5. The molecule has 1 atom stereocenters. The quantitative estimate of drug-likeness (QED) is 0.849. The van der Waals surface area contributed by atoms with Crippen LogP contribution in [0.25, 0.3) is 0 Å². The average Bonchev–Trinajstić information content (AvgIpc) is 2.62. The van der Waals surface area contributed by atoms with E-state index in [0.29, 0.717) is 0 Å². The fraction of sp³-hybridized carbons (Fsp3) is 0.643. The van der Waals surface area contributed by atoms with Crippen LogP contribution in [-0.2, 0) is 14.3 Å². The number of rotatable bonds is 4. The van der Waals surface area contributed by atoms with Crippen molar-refractivity contribution < 1.29 is 14.3 Å². The van der Waals surface area contributed by atoms with Gasteiger partial charge in [0.05, 0.1) is 5.69 Å². The molecule has 0 radical (unpaired) electrons. The zero-order valence-electron chi connectivity index (χ0n) is 13.0. The van der Waals surface area contributed by atoms with Crippen LogP contribution in [-0.4, -0.2) is 33.8 Å². The van der Waals surface area contributed by atoms with Crippen molar-refractivity contribution in [1.82, 2.24) is 15.1 Å². The SMILES string of the molecule is Cc1cc(C)n(C(C)C(=O)NCC(=O)OC(C)(C)C)n1. The summed E-state index contributed by atoms with van der Waals surface area (Å²) in [7, 11) is 0. The number of esters is 1. The van der Waals surface area contributed by atoms with E-state index in [4.69, 9.17) is 4.74 Å². The Labute approximate surface area is 119 Å². The van der Waals surface area contributed by atoms with Gasteiger partial charge in [-0.1, -0.05) is 0 Å². The number of hydrogen-bond donors (Lipinski definition) is 1. The molecule has 0 spiro atoms. The normalized spacial score (nSPS) is 12.9. The Bertz CT molecular complexity index is 500. The highest BCUT2D eigenvalue weighted by Crippen LogP contribution is 2.11. The molecule has 112 valence electrons. The molecule has 6 heteroatoms. The molecule has 20 heavy (non-hydrogen) atoms. The Morgan fingerprint density at radius 2 is 2.00 bits per heavy atom. The maximum atomic E-state index is 12.0. The molecule has 1 unspecified atom stereocenters. The van der Waals surface area contributed by atoms with E-state index < -0.39 is 17.6 Å². The summed E-state index contributed by atoms with van der Waals surface area (Å²) in [4.78, 5) is 23.5. The highest BCUT2D eigenvalue weighted by molar-refractivity contribution is 5.84. The zero-order valence-corrected chi connectivity index (χ0v) is 13.0. The smallest absolute Gasteiger partial charge is 0.325 e. The lowest BCUT2D eigenvalue weighted by Gasteiger charge is -2.20. The maximum absolute atomic E-state index is 12.0. The Hall–Kier alpha value is -1.85. The Morgan fingerprint density at radius 1 is 1.40 bits per heavy atom. The van der Waals surface area contributed by atoms with Crippen molar-refractivity contribution in [3.63, 3.8) is 0 Å². The van der Waals surface area contributed by atoms with Crippen molar-refractivity contribution in [3.05, 3.63) is 17.5 Å². The first kappa shape index (κ1) is 16.2. The topological polar surface area (TPSA) is 73.2 Å². The Balaban J connectivity index is 2.55. The van der Waals surface area contributed by atoms with Gasteiger partial charge in [0, 0.05) is 5.69 Å². The molecule has 0 saturated carbocycles. The highest BCUT2D eigenvalue weighted by atomic mass is 16.6. The van der Waals surface area contributed by atoms with Gasteiger partial charge in [0.1, 0.15) is 18.2 Å². The van der Waals surface area contributed by atoms with Gasteiger partial charge in [0.2, 0.25) is 5.91 Å². The van der Waals surface area contributed by atoms with Crippen LogP contribution in [0.2, 0.25) is 0 Å². The van der Waals surface area contributed by atoms with Crippen LogP contribution >= 0.6 is 0 Å². The molecule has 0 aliphatic rings. The van der Waals surface area contributed by atoms with Crippen LogP contribution in [0.5, 0.6) is 0 Å². The van der Waals surface area contributed by atoms with Gasteiger partial charge in [-0.25, -0.2) is 0 Å². The third-order valence-electron chi connectivity index (χ3n) is 2.62. The molecule has 0 bridgehead atoms. The summed E-state index contributed by atoms with van der Waals surface area (Å²) >= 11 is 0. The maximum Gasteiger partial charge on any atom is 0.325 e. The minimum absolute atomic E-state index is 0.139. The van der Waals surface area contributed by atoms with Crippen LogP contribution in [0.15, 0.2) is 6.07 Å². The third kappa shape index (κ3) is 4.68. The molecule has 1 N–H and O–H groups in total. The Morgan fingerprint density at radius 3 is 2.45 bits per heavy atom. The molecule has 0 aliphatic carbocycles. The average molecular weight is 281 g/mol. The minimum Gasteiger partial charge on any atom is -0.459 e. The van der Waals surface area contributed by atoms with Crippen LogP contribution in [0, 0.1) is 13.8 Å². The van der Waals surface area contributed by atoms with E-state index in [0.717, 1.165) is 11.4 Å². The number of aromatic nitrogens is 2. The number of nitrogens with one attached hydrogen (secondary N) is 1. The molecule has 1 heterocycles. The van der Waals surface area contributed by atoms with E-state index in [1.165, 1.54) is 0 Å². The summed E-state index contributed by atoms with van der Waals surface area (Å²) in [5.41, 5.74) is 1.21. The first-order chi connectivity index (χ1) is 9.10. The van der Waals surface area contributed by atoms with Crippen LogP contribution in [0.3, 0.4) is 0 Å². The molecular weight excluding hydrogens is 258 g/mol. The van der Waals surface area contributed by atoms with Crippen LogP contribution < -0.4 is 5.32 Å². The second-order valence-electron chi connectivity index (χ2n) is 5.85. The fourth-order valence-corrected chi connectivity index (χ4v) is 1.83. The minimum atomic E-state index is -0.552. The van der Waals surface area contributed by atoms with Gasteiger partial charge in [-0.3, -0.25) is 14.3 Å². The molecule has 0 aliphatic heterocycles. The van der Waals surface area contributed by atoms with Crippen molar-refractivity contribution in [1.29, 1.82) is 0 Å². The van der Waals surface area contributed by atoms with Crippen molar-refractivity contribution in [2.45, 2.75) is 53.2 Å². The first-order valence-corrected chi connectivity index (χ1v) is 6.62. The standard InChI is InChI=1S/C14H23N3O3/c1-9-7-10(2)17(16-9)11(3)13(19)15-8-12(18)20-14(4,5)6/h7,11H,8H2,1-6H3,(H,15,19). The lowest BCUT2D eigenvalue weighted by atomic mass is 10.2. The number of aryl methyl sites for hydroxylation is 2. The predicted molar refractivity (Wildman–Crippen MR) is 75.3 cm³/mol. The van der Waals surface area contributed by atoms with E-state index >= 15 is 0 Å². The summed E-state index contributed by atoms with van der Waals surface area (Å²) in [6, 6.07) is 1.43. The van der Waals surface area contributed by atoms with E-state index in [2.05, 4.69) is 10.4 Å². The Kier molecular flexibility index (Phi) is 4.92. The number of carbonyl (C=O) groups is 2. The summed E-state index contributed by atoms with van der Waals surface area (Å²) in [6.07, 6.45) is 0. The molecule has 0 aromatic carbocycles. The van der Waals surface area contributed by atoms with Gasteiger partial charge in [-0.2, -0.15) is 5.10 Å². The lowest BCUT2D eigenvalue weighted by Crippen LogP contribution is -2.38. The van der Waals surface area contributed by atoms with Crippen molar-refractivity contribution in [2.75, 3.05) is 6.54 Å². The number of carbonyl (C=O) groups excluding carboxylic acids is 2. The molecule has 0 fully saturated rings. The number of ether oxygens (including phenoxy) is 1. The summed E-state index contributed by atoms with van der Waals surface area (Å²) in [6.45, 7) is 10.7. The van der Waals surface area contributed by atoms with Gasteiger partial charge in [0.25, 0.3) is 0 Å². The molecule has 6 nitrogen and oxygen atoms in total. The second-order valence-corrected chi connectivity index (χ2v) is 5.85. The third-order valence-corrected chi connectivity index (χ3v) is 2.62. The van der Waals surface area contributed by atoms with Crippen molar-refractivity contribution in [2.24, 2.45) is 0 Å². The molecule has 0 saturated heterocycles. The summed E-state index contributed by atoms with van der Waals surface area (Å²) in [5.74, 6) is -0.714. The van der Waals surface area contributed by atoms with E-state index in [9.17, 15) is 9.59 Å². The van der Waals surface area contributed by atoms with E-state index in [-0.39, 0.29) is 12.5 Å². The van der Waals surface area contributed by atoms with Crippen molar-refractivity contribution in [3.8, 4) is 0 Å². The first-order valence-electron chi connectivity index (χ1n) is 6.62. The van der Waals surface area contributed by atoms with E-state index in [1.807, 2.05) is 19.9 Å². The van der Waals surface area contributed by atoms with Gasteiger partial charge in [0.15, 0.2) is 0 Å². The largest absolute Gasteiger partial charge is 0.459 e. The highest BCUT2D eigenvalue weighted by Gasteiger charge is 2.20. The van der Waals surface area contributed by atoms with Gasteiger partial charge >= 0.3 is 5.97 Å². The van der Waals surface area contributed by atoms with Gasteiger partial charge in [-0.15, -0.1) is 0 Å². The molecule has 1 aromatic rings. The number of hydrogen-bond acceptors (Lipinski definition) is 4. The lowest BCUT2D eigenvalue weighted by molar-refractivity contribution is -0.154. The number of amides is 1. The molecule has 1 aromatic heterocycles. The molecule has 1 rings (SSSR count). The van der Waals surface area contributed by atoms with Crippen molar-refractivity contribution >= 4 is 11.9 Å². The second kappa shape index (κ2) is 6.07. The van der Waals surface area contributed by atoms with Crippen LogP contribution in [0.4, 0.5) is 0 Å². The molecule has 1 amide bonds. The summed E-state index contributed by atoms with van der Waals surface area (Å²) in [5, 5.41) is 6.82. The van der Waals surface area contributed by atoms with Gasteiger partial charge in [-0.05, 0) is 47.6 Å². The number of nitrogens with zero attached hydrogens (tertiary/aromatic N) is 2.